The van der Waals surface area contributed by atoms with Gasteiger partial charge in [-0.1, -0.05) is 18.2 Å². The van der Waals surface area contributed by atoms with E-state index in [9.17, 15) is 0 Å². The van der Waals surface area contributed by atoms with Crippen molar-refractivity contribution in [2.45, 2.75) is 18.0 Å². The molecule has 0 amide bonds. The van der Waals surface area contributed by atoms with Crippen molar-refractivity contribution in [3.8, 4) is 11.3 Å². The summed E-state index contributed by atoms with van der Waals surface area (Å²) in [5, 5.41) is 7.89. The van der Waals surface area contributed by atoms with Crippen molar-refractivity contribution in [1.82, 2.24) is 24.8 Å². The third kappa shape index (κ3) is 4.50. The van der Waals surface area contributed by atoms with Crippen LogP contribution in [0.1, 0.15) is 6.42 Å². The largest absolute Gasteiger partial charge is 0.495 e. The summed E-state index contributed by atoms with van der Waals surface area (Å²) in [5.41, 5.74) is 10.1. The monoisotopic (exact) mass is 447 g/mol. The molecule has 174 valence electrons. The predicted molar refractivity (Wildman–Crippen MR) is 134 cm³/mol. The lowest BCUT2D eigenvalue weighted by Gasteiger charge is -2.39. The Morgan fingerprint density at radius 1 is 1.24 bits per heavy atom. The Hall–Kier alpha value is -3.20. The SMILES string of the molecule is CNC1(CCN(C)C)C=C(OC)C(Nc2nccc(-c3cn(C)c4ccccc34)n2)=CC1N. The maximum atomic E-state index is 6.62. The molecule has 3 aromatic rings. The highest BCUT2D eigenvalue weighted by atomic mass is 16.5. The third-order valence-electron chi connectivity index (χ3n) is 6.33. The molecule has 33 heavy (non-hydrogen) atoms. The third-order valence-corrected chi connectivity index (χ3v) is 6.33. The van der Waals surface area contributed by atoms with Crippen molar-refractivity contribution < 1.29 is 4.74 Å². The van der Waals surface area contributed by atoms with Crippen LogP contribution in [0.4, 0.5) is 5.95 Å². The number of aryl methyl sites for hydroxylation is 1. The van der Waals surface area contributed by atoms with Gasteiger partial charge in [-0.15, -0.1) is 0 Å². The zero-order valence-corrected chi connectivity index (χ0v) is 20.0. The molecule has 1 aliphatic rings. The van der Waals surface area contributed by atoms with Gasteiger partial charge in [0.15, 0.2) is 0 Å². The summed E-state index contributed by atoms with van der Waals surface area (Å²) in [4.78, 5) is 11.4. The van der Waals surface area contributed by atoms with E-state index in [2.05, 4.69) is 63.6 Å². The van der Waals surface area contributed by atoms with Gasteiger partial charge >= 0.3 is 0 Å². The molecule has 2 atom stereocenters. The van der Waals surface area contributed by atoms with Crippen LogP contribution in [0.15, 0.2) is 66.3 Å². The number of hydrogen-bond donors (Lipinski definition) is 3. The molecule has 2 unspecified atom stereocenters. The number of methoxy groups -OCH3 is 1. The van der Waals surface area contributed by atoms with Gasteiger partial charge < -0.3 is 30.6 Å². The molecule has 0 radical (unpaired) electrons. The van der Waals surface area contributed by atoms with E-state index < -0.39 is 5.54 Å². The van der Waals surface area contributed by atoms with Crippen molar-refractivity contribution in [3.63, 3.8) is 0 Å². The Bertz CT molecular complexity index is 1200. The number of rotatable bonds is 8. The zero-order chi connectivity index (χ0) is 23.6. The lowest BCUT2D eigenvalue weighted by molar-refractivity contribution is 0.260. The first kappa shape index (κ1) is 23.0. The van der Waals surface area contributed by atoms with Gasteiger partial charge in [0, 0.05) is 41.9 Å². The molecule has 1 aliphatic carbocycles. The number of anilines is 1. The molecule has 8 nitrogen and oxygen atoms in total. The molecule has 0 bridgehead atoms. The highest BCUT2D eigenvalue weighted by Gasteiger charge is 2.37. The first-order chi connectivity index (χ1) is 15.9. The van der Waals surface area contributed by atoms with Gasteiger partial charge in [0.1, 0.15) is 5.76 Å². The Labute approximate surface area is 195 Å². The molecule has 4 rings (SSSR count). The fraction of sp³-hybridized carbons (Fsp3) is 0.360. The highest BCUT2D eigenvalue weighted by Crippen LogP contribution is 2.31. The average molecular weight is 448 g/mol. The minimum atomic E-state index is -0.396. The minimum Gasteiger partial charge on any atom is -0.495 e. The van der Waals surface area contributed by atoms with E-state index in [1.165, 1.54) is 0 Å². The molecule has 0 fully saturated rings. The van der Waals surface area contributed by atoms with E-state index in [1.54, 1.807) is 13.3 Å². The molecule has 1 aromatic carbocycles. The van der Waals surface area contributed by atoms with E-state index in [0.29, 0.717) is 11.7 Å². The number of nitrogens with zero attached hydrogens (tertiary/aromatic N) is 4. The molecule has 8 heteroatoms. The smallest absolute Gasteiger partial charge is 0.227 e. The van der Waals surface area contributed by atoms with Crippen LogP contribution in [-0.2, 0) is 11.8 Å². The number of aromatic nitrogens is 3. The summed E-state index contributed by atoms with van der Waals surface area (Å²) in [7, 11) is 9.75. The maximum Gasteiger partial charge on any atom is 0.227 e. The number of para-hydroxylation sites is 1. The van der Waals surface area contributed by atoms with Crippen LogP contribution in [0.2, 0.25) is 0 Å². The molecule has 0 spiro atoms. The van der Waals surface area contributed by atoms with Crippen LogP contribution >= 0.6 is 0 Å². The quantitative estimate of drug-likeness (QED) is 0.489. The summed E-state index contributed by atoms with van der Waals surface area (Å²) in [5.74, 6) is 1.20. The first-order valence-electron chi connectivity index (χ1n) is 11.1. The van der Waals surface area contributed by atoms with E-state index in [0.717, 1.165) is 40.8 Å². The summed E-state index contributed by atoms with van der Waals surface area (Å²) >= 11 is 0. The Morgan fingerprint density at radius 2 is 2.03 bits per heavy atom. The molecule has 4 N–H and O–H groups in total. The molecule has 0 saturated heterocycles. The van der Waals surface area contributed by atoms with Gasteiger partial charge in [0.2, 0.25) is 5.95 Å². The van der Waals surface area contributed by atoms with Crippen LogP contribution in [0.3, 0.4) is 0 Å². The van der Waals surface area contributed by atoms with Gasteiger partial charge in [-0.25, -0.2) is 9.97 Å². The van der Waals surface area contributed by atoms with Crippen LogP contribution in [0.25, 0.3) is 22.2 Å². The highest BCUT2D eigenvalue weighted by molar-refractivity contribution is 5.95. The number of hydrogen-bond acceptors (Lipinski definition) is 7. The molecule has 2 aromatic heterocycles. The lowest BCUT2D eigenvalue weighted by Crippen LogP contribution is -2.57. The van der Waals surface area contributed by atoms with Crippen molar-refractivity contribution in [3.05, 3.63) is 66.3 Å². The molecular formula is C25H33N7O. The standard InChI is InChI=1S/C25H33N7O/c1-27-25(11-13-31(2)3)15-22(33-5)20(14-23(25)26)30-24-28-12-10-19(29-24)18-16-32(4)21-9-7-6-8-17(18)21/h6-10,12,14-16,23,27H,11,13,26H2,1-5H3,(H,28,29,30). The first-order valence-corrected chi connectivity index (χ1v) is 11.1. The average Bonchev–Trinajstić information content (AvgIpc) is 3.16. The summed E-state index contributed by atoms with van der Waals surface area (Å²) in [6, 6.07) is 9.98. The summed E-state index contributed by atoms with van der Waals surface area (Å²) in [6.07, 6.45) is 8.76. The van der Waals surface area contributed by atoms with E-state index in [1.807, 2.05) is 38.4 Å². The number of fused-ring (bicyclic) bond motifs is 1. The molecular weight excluding hydrogens is 414 g/mol. The lowest BCUT2D eigenvalue weighted by atomic mass is 9.82. The topological polar surface area (TPSA) is 93.3 Å². The van der Waals surface area contributed by atoms with Gasteiger partial charge in [0.25, 0.3) is 0 Å². The summed E-state index contributed by atoms with van der Waals surface area (Å²) < 4.78 is 7.84. The number of likely N-dealkylation sites (N-methyl/N-ethyl adjacent to an activating group) is 1. The Morgan fingerprint density at radius 3 is 2.76 bits per heavy atom. The number of ether oxygens (including phenoxy) is 1. The number of nitrogens with one attached hydrogen (secondary N) is 2. The Kier molecular flexibility index (Phi) is 6.51. The second-order valence-corrected chi connectivity index (χ2v) is 8.72. The second kappa shape index (κ2) is 9.35. The van der Waals surface area contributed by atoms with E-state index in [-0.39, 0.29) is 6.04 Å². The van der Waals surface area contributed by atoms with Crippen LogP contribution in [-0.4, -0.2) is 65.8 Å². The van der Waals surface area contributed by atoms with Gasteiger partial charge in [0.05, 0.1) is 24.0 Å². The zero-order valence-electron chi connectivity index (χ0n) is 20.0. The summed E-state index contributed by atoms with van der Waals surface area (Å²) in [6.45, 7) is 0.898. The fourth-order valence-corrected chi connectivity index (χ4v) is 4.34. The van der Waals surface area contributed by atoms with E-state index >= 15 is 0 Å². The fourth-order valence-electron chi connectivity index (χ4n) is 4.34. The van der Waals surface area contributed by atoms with Crippen molar-refractivity contribution in [2.24, 2.45) is 12.8 Å². The maximum absolute atomic E-state index is 6.62. The van der Waals surface area contributed by atoms with Crippen molar-refractivity contribution >= 4 is 16.9 Å². The van der Waals surface area contributed by atoms with Gasteiger partial charge in [-0.3, -0.25) is 0 Å². The van der Waals surface area contributed by atoms with Crippen molar-refractivity contribution in [2.75, 3.05) is 40.1 Å². The van der Waals surface area contributed by atoms with Gasteiger partial charge in [-0.05, 0) is 58.4 Å². The van der Waals surface area contributed by atoms with E-state index in [4.69, 9.17) is 15.5 Å². The number of nitrogens with two attached hydrogens (primary N) is 1. The Balaban J connectivity index is 1.63. The molecule has 0 saturated carbocycles. The molecule has 0 aliphatic heterocycles. The van der Waals surface area contributed by atoms with Crippen LogP contribution < -0.4 is 16.4 Å². The number of benzene rings is 1. The van der Waals surface area contributed by atoms with Crippen LogP contribution in [0, 0.1) is 0 Å². The minimum absolute atomic E-state index is 0.245. The van der Waals surface area contributed by atoms with Crippen LogP contribution in [0.5, 0.6) is 0 Å². The van der Waals surface area contributed by atoms with Gasteiger partial charge in [-0.2, -0.15) is 0 Å². The predicted octanol–water partition coefficient (Wildman–Crippen LogP) is 2.71. The molecule has 2 heterocycles. The normalized spacial score (nSPS) is 20.6. The van der Waals surface area contributed by atoms with Crippen molar-refractivity contribution in [1.29, 1.82) is 0 Å². The second-order valence-electron chi connectivity index (χ2n) is 8.72.